The largest absolute Gasteiger partial charge is 0.508 e. The molecule has 1 heterocycles. The van der Waals surface area contributed by atoms with Gasteiger partial charge in [0.1, 0.15) is 17.9 Å². The van der Waals surface area contributed by atoms with Crippen LogP contribution in [0.5, 0.6) is 0 Å². The molecule has 0 unspecified atom stereocenters. The molecule has 5 heteroatoms. The van der Waals surface area contributed by atoms with Gasteiger partial charge in [-0.25, -0.2) is 9.97 Å². The summed E-state index contributed by atoms with van der Waals surface area (Å²) in [5.74, 6) is 0.770. The van der Waals surface area contributed by atoms with Gasteiger partial charge in [0.25, 0.3) is 0 Å². The summed E-state index contributed by atoms with van der Waals surface area (Å²) >= 11 is 0. The SMILES string of the molecule is C=C/C(=C\C(O)=C(C)C)c1cc(NC[C@H](O)c2ccccc2)ncn1.CC. The van der Waals surface area contributed by atoms with E-state index >= 15 is 0 Å². The van der Waals surface area contributed by atoms with E-state index in [9.17, 15) is 10.2 Å². The Balaban J connectivity index is 0.00000176. The van der Waals surface area contributed by atoms with Crippen LogP contribution in [0.25, 0.3) is 5.57 Å². The zero-order valence-corrected chi connectivity index (χ0v) is 16.5. The summed E-state index contributed by atoms with van der Waals surface area (Å²) in [6, 6.07) is 11.2. The lowest BCUT2D eigenvalue weighted by molar-refractivity contribution is 0.191. The van der Waals surface area contributed by atoms with Gasteiger partial charge >= 0.3 is 0 Å². The van der Waals surface area contributed by atoms with Crippen LogP contribution in [-0.4, -0.2) is 26.7 Å². The fourth-order valence-corrected chi connectivity index (χ4v) is 2.14. The number of hydrogen-bond acceptors (Lipinski definition) is 5. The maximum atomic E-state index is 10.2. The number of aliphatic hydroxyl groups is 2. The highest BCUT2D eigenvalue weighted by atomic mass is 16.3. The number of aromatic nitrogens is 2. The summed E-state index contributed by atoms with van der Waals surface area (Å²) in [4.78, 5) is 8.39. The van der Waals surface area contributed by atoms with E-state index in [1.54, 1.807) is 18.2 Å². The lowest BCUT2D eigenvalue weighted by Gasteiger charge is -2.13. The van der Waals surface area contributed by atoms with Crippen molar-refractivity contribution in [2.75, 3.05) is 11.9 Å². The molecule has 0 fully saturated rings. The first-order valence-electron chi connectivity index (χ1n) is 9.01. The Morgan fingerprint density at radius 2 is 1.85 bits per heavy atom. The van der Waals surface area contributed by atoms with Gasteiger partial charge in [0.05, 0.1) is 11.8 Å². The lowest BCUT2D eigenvalue weighted by atomic mass is 10.1. The summed E-state index contributed by atoms with van der Waals surface area (Å²) in [5.41, 5.74) is 2.96. The van der Waals surface area contributed by atoms with E-state index in [-0.39, 0.29) is 5.76 Å². The Labute approximate surface area is 161 Å². The predicted octanol–water partition coefficient (Wildman–Crippen LogP) is 5.07. The molecular formula is C22H29N3O2. The molecule has 2 aromatic rings. The molecule has 0 aliphatic carbocycles. The Kier molecular flexibility index (Phi) is 9.54. The van der Waals surface area contributed by atoms with Crippen molar-refractivity contribution in [1.82, 2.24) is 9.97 Å². The van der Waals surface area contributed by atoms with Gasteiger partial charge in [-0.15, -0.1) is 0 Å². The van der Waals surface area contributed by atoms with E-state index < -0.39 is 6.10 Å². The average Bonchev–Trinajstić information content (AvgIpc) is 2.72. The highest BCUT2D eigenvalue weighted by molar-refractivity contribution is 5.74. The van der Waals surface area contributed by atoms with E-state index in [2.05, 4.69) is 21.9 Å². The summed E-state index contributed by atoms with van der Waals surface area (Å²) < 4.78 is 0. The normalized spacial score (nSPS) is 11.7. The van der Waals surface area contributed by atoms with Gasteiger partial charge in [-0.3, -0.25) is 0 Å². The lowest BCUT2D eigenvalue weighted by Crippen LogP contribution is -2.13. The van der Waals surface area contributed by atoms with Crippen molar-refractivity contribution in [3.8, 4) is 0 Å². The fraction of sp³-hybridized carbons (Fsp3) is 0.273. The van der Waals surface area contributed by atoms with E-state index in [1.165, 1.54) is 6.33 Å². The zero-order valence-electron chi connectivity index (χ0n) is 16.5. The molecule has 3 N–H and O–H groups in total. The molecule has 0 aliphatic heterocycles. The molecule has 0 radical (unpaired) electrons. The van der Waals surface area contributed by atoms with Crippen molar-refractivity contribution < 1.29 is 10.2 Å². The second-order valence-corrected chi connectivity index (χ2v) is 5.78. The van der Waals surface area contributed by atoms with E-state index in [1.807, 2.05) is 58.0 Å². The number of anilines is 1. The maximum Gasteiger partial charge on any atom is 0.130 e. The Bertz CT molecular complexity index is 779. The first kappa shape index (κ1) is 22.1. The van der Waals surface area contributed by atoms with Gasteiger partial charge < -0.3 is 15.5 Å². The molecule has 1 aromatic heterocycles. The third kappa shape index (κ3) is 7.07. The predicted molar refractivity (Wildman–Crippen MR) is 112 cm³/mol. The molecule has 0 saturated heterocycles. The van der Waals surface area contributed by atoms with Crippen LogP contribution in [0.3, 0.4) is 0 Å². The minimum atomic E-state index is -0.635. The van der Waals surface area contributed by atoms with Crippen LogP contribution < -0.4 is 5.32 Å². The van der Waals surface area contributed by atoms with Crippen molar-refractivity contribution in [2.45, 2.75) is 33.8 Å². The summed E-state index contributed by atoms with van der Waals surface area (Å²) in [6.07, 6.45) is 4.05. The van der Waals surface area contributed by atoms with E-state index in [4.69, 9.17) is 0 Å². The van der Waals surface area contributed by atoms with Crippen LogP contribution in [0, 0.1) is 0 Å². The molecule has 144 valence electrons. The molecular weight excluding hydrogens is 338 g/mol. The van der Waals surface area contributed by atoms with Crippen LogP contribution >= 0.6 is 0 Å². The number of nitrogens with one attached hydrogen (secondary N) is 1. The summed E-state index contributed by atoms with van der Waals surface area (Å²) in [6.45, 7) is 11.7. The molecule has 1 atom stereocenters. The summed E-state index contributed by atoms with van der Waals surface area (Å²) in [5, 5.41) is 23.2. The van der Waals surface area contributed by atoms with Gasteiger partial charge in [0.15, 0.2) is 0 Å². The number of aliphatic hydroxyl groups excluding tert-OH is 2. The van der Waals surface area contributed by atoms with Crippen molar-refractivity contribution in [2.24, 2.45) is 0 Å². The van der Waals surface area contributed by atoms with Crippen LogP contribution in [-0.2, 0) is 0 Å². The quantitative estimate of drug-likeness (QED) is 0.470. The zero-order chi connectivity index (χ0) is 20.2. The molecule has 27 heavy (non-hydrogen) atoms. The Morgan fingerprint density at radius 3 is 2.44 bits per heavy atom. The maximum absolute atomic E-state index is 10.2. The van der Waals surface area contributed by atoms with Crippen molar-refractivity contribution in [3.63, 3.8) is 0 Å². The molecule has 0 spiro atoms. The van der Waals surface area contributed by atoms with E-state index in [0.29, 0.717) is 23.6 Å². The number of benzene rings is 1. The molecule has 1 aromatic carbocycles. The molecule has 0 amide bonds. The van der Waals surface area contributed by atoms with Crippen LogP contribution in [0.15, 0.2) is 72.8 Å². The van der Waals surface area contributed by atoms with E-state index in [0.717, 1.165) is 11.1 Å². The van der Waals surface area contributed by atoms with Crippen LogP contribution in [0.2, 0.25) is 0 Å². The first-order chi connectivity index (χ1) is 13.0. The first-order valence-corrected chi connectivity index (χ1v) is 9.01. The summed E-state index contributed by atoms with van der Waals surface area (Å²) in [7, 11) is 0. The van der Waals surface area contributed by atoms with Gasteiger partial charge in [0.2, 0.25) is 0 Å². The minimum Gasteiger partial charge on any atom is -0.508 e. The molecule has 0 aliphatic rings. The van der Waals surface area contributed by atoms with Crippen molar-refractivity contribution >= 4 is 11.4 Å². The monoisotopic (exact) mass is 367 g/mol. The van der Waals surface area contributed by atoms with Crippen LogP contribution in [0.1, 0.15) is 45.1 Å². The van der Waals surface area contributed by atoms with Crippen LogP contribution in [0.4, 0.5) is 5.82 Å². The number of allylic oxidation sites excluding steroid dienone is 4. The highest BCUT2D eigenvalue weighted by Crippen LogP contribution is 2.19. The van der Waals surface area contributed by atoms with Crippen molar-refractivity contribution in [3.05, 3.63) is 84.0 Å². The Morgan fingerprint density at radius 1 is 1.19 bits per heavy atom. The molecule has 2 rings (SSSR count). The van der Waals surface area contributed by atoms with Gasteiger partial charge in [-0.1, -0.05) is 56.8 Å². The third-order valence-electron chi connectivity index (χ3n) is 3.65. The molecule has 0 saturated carbocycles. The van der Waals surface area contributed by atoms with Gasteiger partial charge in [0, 0.05) is 18.2 Å². The Hall–Kier alpha value is -2.92. The molecule has 5 nitrogen and oxygen atoms in total. The second-order valence-electron chi connectivity index (χ2n) is 5.78. The average molecular weight is 367 g/mol. The number of nitrogens with zero attached hydrogens (tertiary/aromatic N) is 2. The smallest absolute Gasteiger partial charge is 0.130 e. The highest BCUT2D eigenvalue weighted by Gasteiger charge is 2.08. The standard InChI is InChI=1S/C20H23N3O2.C2H6/c1-4-15(10-18(24)14(2)3)17-11-20(23-13-22-17)21-12-19(25)16-8-6-5-7-9-16;1-2/h4-11,13,19,24-25H,1,12H2,2-3H3,(H,21,22,23);1-2H3/b15-10+;/t19-;/m0./s1. The minimum absolute atomic E-state index is 0.183. The number of rotatable bonds is 7. The number of hydrogen-bond donors (Lipinski definition) is 3. The van der Waals surface area contributed by atoms with Crippen molar-refractivity contribution in [1.29, 1.82) is 0 Å². The fourth-order valence-electron chi connectivity index (χ4n) is 2.14. The topological polar surface area (TPSA) is 78.3 Å². The van der Waals surface area contributed by atoms with Gasteiger partial charge in [-0.2, -0.15) is 0 Å². The molecule has 0 bridgehead atoms. The third-order valence-corrected chi connectivity index (χ3v) is 3.65. The second kappa shape index (κ2) is 11.6. The van der Waals surface area contributed by atoms with Gasteiger partial charge in [-0.05, 0) is 31.1 Å².